The summed E-state index contributed by atoms with van der Waals surface area (Å²) in [6.07, 6.45) is 0. The quantitative estimate of drug-likeness (QED) is 0.769. The highest BCUT2D eigenvalue weighted by Crippen LogP contribution is 2.24. The molecule has 0 atom stereocenters. The molecule has 0 spiro atoms. The zero-order valence-corrected chi connectivity index (χ0v) is 11.2. The van der Waals surface area contributed by atoms with Crippen LogP contribution in [-0.2, 0) is 10.2 Å². The molecule has 94 valence electrons. The summed E-state index contributed by atoms with van der Waals surface area (Å²) in [5, 5.41) is 0. The van der Waals surface area contributed by atoms with Gasteiger partial charge in [0.05, 0.1) is 5.69 Å². The molecule has 1 aliphatic heterocycles. The Hall–Kier alpha value is -1.07. The van der Waals surface area contributed by atoms with Gasteiger partial charge in [-0.15, -0.1) is 0 Å². The number of anilines is 1. The first kappa shape index (κ1) is 12.4. The second kappa shape index (κ2) is 4.31. The van der Waals surface area contributed by atoms with Crippen LogP contribution in [0.2, 0.25) is 0 Å². The molecule has 2 rings (SSSR count). The van der Waals surface area contributed by atoms with Gasteiger partial charge in [0.2, 0.25) is 0 Å². The van der Waals surface area contributed by atoms with Crippen molar-refractivity contribution in [3.8, 4) is 0 Å². The number of benzene rings is 1. The van der Waals surface area contributed by atoms with Gasteiger partial charge in [-0.25, -0.2) is 0 Å². The molecule has 1 aliphatic rings. The van der Waals surface area contributed by atoms with Crippen LogP contribution in [0.3, 0.4) is 0 Å². The van der Waals surface area contributed by atoms with Gasteiger partial charge in [0.25, 0.3) is 0 Å². The zero-order valence-electron chi connectivity index (χ0n) is 10.4. The van der Waals surface area contributed by atoms with Gasteiger partial charge in [0.15, 0.2) is 0 Å². The summed E-state index contributed by atoms with van der Waals surface area (Å²) < 4.78 is 26.7. The van der Waals surface area contributed by atoms with Gasteiger partial charge < -0.3 is 0 Å². The first-order valence-electron chi connectivity index (χ1n) is 5.77. The van der Waals surface area contributed by atoms with E-state index in [0.29, 0.717) is 24.7 Å². The molecule has 1 aromatic rings. The lowest BCUT2D eigenvalue weighted by Crippen LogP contribution is -2.32. The van der Waals surface area contributed by atoms with E-state index in [1.54, 1.807) is 7.05 Å². The highest BCUT2D eigenvalue weighted by molar-refractivity contribution is 7.90. The van der Waals surface area contributed by atoms with Crippen LogP contribution in [-0.4, -0.2) is 32.9 Å². The van der Waals surface area contributed by atoms with Crippen LogP contribution in [0.15, 0.2) is 24.3 Å². The zero-order chi connectivity index (χ0) is 12.6. The summed E-state index contributed by atoms with van der Waals surface area (Å²) in [6.45, 7) is 5.50. The van der Waals surface area contributed by atoms with Crippen LogP contribution in [0, 0.1) is 0 Å². The van der Waals surface area contributed by atoms with E-state index >= 15 is 0 Å². The van der Waals surface area contributed by atoms with Crippen molar-refractivity contribution in [2.45, 2.75) is 19.8 Å². The molecule has 1 heterocycles. The average molecular weight is 254 g/mol. The van der Waals surface area contributed by atoms with Crippen LogP contribution in [0.4, 0.5) is 5.69 Å². The predicted molar refractivity (Wildman–Crippen MR) is 69.4 cm³/mol. The lowest BCUT2D eigenvalue weighted by atomic mass is 10.0. The predicted octanol–water partition coefficient (Wildman–Crippen LogP) is 1.81. The van der Waals surface area contributed by atoms with Crippen molar-refractivity contribution in [2.24, 2.45) is 0 Å². The molecule has 0 bridgehead atoms. The lowest BCUT2D eigenvalue weighted by molar-refractivity contribution is 0.561. The fraction of sp³-hybridized carbons (Fsp3) is 0.500. The highest BCUT2D eigenvalue weighted by Gasteiger charge is 2.35. The van der Waals surface area contributed by atoms with Gasteiger partial charge in [0.1, 0.15) is 0 Å². The Kier molecular flexibility index (Phi) is 3.14. The molecule has 4 nitrogen and oxygen atoms in total. The van der Waals surface area contributed by atoms with Crippen LogP contribution < -0.4 is 4.31 Å². The number of hydrogen-bond donors (Lipinski definition) is 0. The highest BCUT2D eigenvalue weighted by atomic mass is 32.2. The monoisotopic (exact) mass is 254 g/mol. The average Bonchev–Trinajstić information content (AvgIpc) is 3.12. The molecular formula is C12H18N2O2S. The van der Waals surface area contributed by atoms with Gasteiger partial charge in [-0.1, -0.05) is 26.0 Å². The maximum absolute atomic E-state index is 12.0. The number of rotatable bonds is 4. The third-order valence-electron chi connectivity index (χ3n) is 3.00. The van der Waals surface area contributed by atoms with E-state index < -0.39 is 10.2 Å². The van der Waals surface area contributed by atoms with Crippen LogP contribution in [0.5, 0.6) is 0 Å². The van der Waals surface area contributed by atoms with Gasteiger partial charge in [-0.05, 0) is 23.6 Å². The minimum absolute atomic E-state index is 0.457. The van der Waals surface area contributed by atoms with E-state index in [9.17, 15) is 8.42 Å². The molecule has 5 heteroatoms. The van der Waals surface area contributed by atoms with Gasteiger partial charge in [-0.3, -0.25) is 4.31 Å². The third kappa shape index (κ3) is 2.45. The van der Waals surface area contributed by atoms with E-state index in [1.807, 2.05) is 24.3 Å². The molecule has 1 saturated heterocycles. The topological polar surface area (TPSA) is 40.4 Å². The Morgan fingerprint density at radius 3 is 2.12 bits per heavy atom. The molecular weight excluding hydrogens is 236 g/mol. The number of nitrogens with zero attached hydrogens (tertiary/aromatic N) is 2. The Labute approximate surface area is 103 Å². The molecule has 0 saturated carbocycles. The minimum atomic E-state index is -3.29. The van der Waals surface area contributed by atoms with Crippen molar-refractivity contribution < 1.29 is 8.42 Å². The van der Waals surface area contributed by atoms with Crippen molar-refractivity contribution >= 4 is 15.9 Å². The first-order chi connectivity index (χ1) is 7.93. The Balaban J connectivity index is 2.22. The van der Waals surface area contributed by atoms with Crippen molar-refractivity contribution in [3.05, 3.63) is 29.8 Å². The van der Waals surface area contributed by atoms with E-state index in [1.165, 1.54) is 14.2 Å². The summed E-state index contributed by atoms with van der Waals surface area (Å²) >= 11 is 0. The molecule has 0 radical (unpaired) electrons. The van der Waals surface area contributed by atoms with E-state index in [4.69, 9.17) is 0 Å². The SMILES string of the molecule is CC(C)c1ccc(N(C)S(=O)(=O)N2CC2)cc1. The van der Waals surface area contributed by atoms with Crippen molar-refractivity contribution in [1.29, 1.82) is 0 Å². The Morgan fingerprint density at radius 2 is 1.71 bits per heavy atom. The first-order valence-corrected chi connectivity index (χ1v) is 7.16. The summed E-state index contributed by atoms with van der Waals surface area (Å²) in [6, 6.07) is 7.68. The molecule has 0 amide bonds. The summed E-state index contributed by atoms with van der Waals surface area (Å²) in [4.78, 5) is 0. The molecule has 0 aromatic heterocycles. The smallest absolute Gasteiger partial charge is 0.261 e. The minimum Gasteiger partial charge on any atom is -0.261 e. The molecule has 1 aromatic carbocycles. The van der Waals surface area contributed by atoms with Crippen molar-refractivity contribution in [1.82, 2.24) is 4.31 Å². The second-order valence-corrected chi connectivity index (χ2v) is 6.58. The maximum Gasteiger partial charge on any atom is 0.303 e. The summed E-state index contributed by atoms with van der Waals surface area (Å²) in [5.41, 5.74) is 1.92. The van der Waals surface area contributed by atoms with Crippen molar-refractivity contribution in [3.63, 3.8) is 0 Å². The second-order valence-electron chi connectivity index (χ2n) is 4.62. The normalized spacial score (nSPS) is 16.2. The largest absolute Gasteiger partial charge is 0.303 e. The summed E-state index contributed by atoms with van der Waals surface area (Å²) in [5.74, 6) is 0.457. The van der Waals surface area contributed by atoms with Gasteiger partial charge >= 0.3 is 10.2 Å². The Bertz CT molecular complexity index is 490. The molecule has 1 fully saturated rings. The molecule has 0 N–H and O–H groups in total. The van der Waals surface area contributed by atoms with Crippen molar-refractivity contribution in [2.75, 3.05) is 24.4 Å². The van der Waals surface area contributed by atoms with E-state index in [-0.39, 0.29) is 0 Å². The summed E-state index contributed by atoms with van der Waals surface area (Å²) in [7, 11) is -1.69. The fourth-order valence-electron chi connectivity index (χ4n) is 1.65. The maximum atomic E-state index is 12.0. The number of hydrogen-bond acceptors (Lipinski definition) is 2. The molecule has 0 aliphatic carbocycles. The van der Waals surface area contributed by atoms with Crippen LogP contribution >= 0.6 is 0 Å². The van der Waals surface area contributed by atoms with Crippen LogP contribution in [0.1, 0.15) is 25.3 Å². The van der Waals surface area contributed by atoms with Crippen LogP contribution in [0.25, 0.3) is 0 Å². The standard InChI is InChI=1S/C12H18N2O2S/c1-10(2)11-4-6-12(7-5-11)13(3)17(15,16)14-8-9-14/h4-7,10H,8-9H2,1-3H3. The molecule has 17 heavy (non-hydrogen) atoms. The Morgan fingerprint density at radius 1 is 1.18 bits per heavy atom. The lowest BCUT2D eigenvalue weighted by Gasteiger charge is -2.20. The van der Waals surface area contributed by atoms with Gasteiger partial charge in [0, 0.05) is 20.1 Å². The molecule has 0 unspecified atom stereocenters. The van der Waals surface area contributed by atoms with E-state index in [0.717, 1.165) is 0 Å². The van der Waals surface area contributed by atoms with Gasteiger partial charge in [-0.2, -0.15) is 12.7 Å². The van der Waals surface area contributed by atoms with E-state index in [2.05, 4.69) is 13.8 Å². The fourth-order valence-corrected chi connectivity index (χ4v) is 2.92. The third-order valence-corrected chi connectivity index (χ3v) is 4.92.